The highest BCUT2D eigenvalue weighted by Crippen LogP contribution is 2.25. The smallest absolute Gasteiger partial charge is 0.255 e. The molecule has 0 saturated carbocycles. The molecule has 0 unspecified atom stereocenters. The van der Waals surface area contributed by atoms with E-state index in [4.69, 9.17) is 26.6 Å². The molecule has 2 aromatic carbocycles. The van der Waals surface area contributed by atoms with E-state index >= 15 is 0 Å². The van der Waals surface area contributed by atoms with Gasteiger partial charge < -0.3 is 20.3 Å². The Hall–Kier alpha value is -2.99. The summed E-state index contributed by atoms with van der Waals surface area (Å²) in [6.45, 7) is 4.06. The Balaban J connectivity index is 1.65. The summed E-state index contributed by atoms with van der Waals surface area (Å²) in [5, 5.41) is 7.06. The van der Waals surface area contributed by atoms with Crippen molar-refractivity contribution in [2.24, 2.45) is 0 Å². The Bertz CT molecular complexity index is 916. The highest BCUT2D eigenvalue weighted by Gasteiger charge is 2.11. The lowest BCUT2D eigenvalue weighted by atomic mass is 10.2. The molecular weight excluding hydrogens is 354 g/mol. The van der Waals surface area contributed by atoms with E-state index in [1.54, 1.807) is 42.5 Å². The lowest BCUT2D eigenvalue weighted by Crippen LogP contribution is -2.12. The van der Waals surface area contributed by atoms with Gasteiger partial charge in [-0.3, -0.25) is 4.79 Å². The molecule has 0 aliphatic heterocycles. The fourth-order valence-electron chi connectivity index (χ4n) is 2.40. The maximum Gasteiger partial charge on any atom is 0.255 e. The van der Waals surface area contributed by atoms with Crippen LogP contribution in [0.1, 0.15) is 27.4 Å². The van der Waals surface area contributed by atoms with E-state index in [2.05, 4.69) is 10.5 Å². The Labute approximate surface area is 155 Å². The second-order valence-electron chi connectivity index (χ2n) is 5.81. The monoisotopic (exact) mass is 371 g/mol. The Morgan fingerprint density at radius 3 is 2.62 bits per heavy atom. The molecular formula is C19H18ClN3O3. The molecule has 0 radical (unpaired) electrons. The van der Waals surface area contributed by atoms with Crippen LogP contribution in [0.2, 0.25) is 5.02 Å². The molecule has 134 valence electrons. The number of nitrogen functional groups attached to an aromatic ring is 1. The predicted molar refractivity (Wildman–Crippen MR) is 101 cm³/mol. The number of aryl methyl sites for hydroxylation is 2. The van der Waals surface area contributed by atoms with Crippen molar-refractivity contribution in [3.8, 4) is 5.75 Å². The number of carbonyl (C=O) groups is 1. The van der Waals surface area contributed by atoms with Gasteiger partial charge in [0, 0.05) is 11.3 Å². The SMILES string of the molecule is Cc1noc(C)c1COc1ccc(C(=O)Nc2cc(N)ccc2Cl)cc1. The fraction of sp³-hybridized carbons (Fsp3) is 0.158. The molecule has 0 bridgehead atoms. The number of anilines is 2. The highest BCUT2D eigenvalue weighted by atomic mass is 35.5. The van der Waals surface area contributed by atoms with Crippen LogP contribution in [0.3, 0.4) is 0 Å². The van der Waals surface area contributed by atoms with Crippen LogP contribution in [0.15, 0.2) is 47.0 Å². The number of carbonyl (C=O) groups excluding carboxylic acids is 1. The van der Waals surface area contributed by atoms with Crippen molar-refractivity contribution in [1.29, 1.82) is 0 Å². The van der Waals surface area contributed by atoms with Crippen LogP contribution in [0.5, 0.6) is 5.75 Å². The molecule has 3 N–H and O–H groups in total. The number of nitrogens with one attached hydrogen (secondary N) is 1. The standard InChI is InChI=1S/C19H18ClN3O3/c1-11-16(12(2)26-23-11)10-25-15-6-3-13(4-7-15)19(24)22-18-9-14(21)5-8-17(18)20/h3-9H,10,21H2,1-2H3,(H,22,24). The minimum absolute atomic E-state index is 0.283. The van der Waals surface area contributed by atoms with Crippen LogP contribution in [0.25, 0.3) is 0 Å². The molecule has 3 aromatic rings. The van der Waals surface area contributed by atoms with E-state index < -0.39 is 0 Å². The third kappa shape index (κ3) is 3.97. The quantitative estimate of drug-likeness (QED) is 0.650. The van der Waals surface area contributed by atoms with Crippen molar-refractivity contribution in [3.63, 3.8) is 0 Å². The van der Waals surface area contributed by atoms with Gasteiger partial charge in [-0.25, -0.2) is 0 Å². The van der Waals surface area contributed by atoms with Gasteiger partial charge in [0.1, 0.15) is 18.1 Å². The molecule has 3 rings (SSSR count). The molecule has 0 aliphatic rings. The number of aromatic nitrogens is 1. The summed E-state index contributed by atoms with van der Waals surface area (Å²) >= 11 is 6.07. The number of ether oxygens (including phenoxy) is 1. The van der Waals surface area contributed by atoms with Crippen molar-refractivity contribution in [2.75, 3.05) is 11.1 Å². The zero-order valence-corrected chi connectivity index (χ0v) is 15.1. The summed E-state index contributed by atoms with van der Waals surface area (Å²) < 4.78 is 10.8. The van der Waals surface area contributed by atoms with Gasteiger partial charge in [-0.15, -0.1) is 0 Å². The number of benzene rings is 2. The highest BCUT2D eigenvalue weighted by molar-refractivity contribution is 6.34. The van der Waals surface area contributed by atoms with Gasteiger partial charge in [0.2, 0.25) is 0 Å². The molecule has 1 aromatic heterocycles. The summed E-state index contributed by atoms with van der Waals surface area (Å²) in [5.74, 6) is 1.09. The van der Waals surface area contributed by atoms with Crippen molar-refractivity contribution in [2.45, 2.75) is 20.5 Å². The molecule has 1 amide bonds. The van der Waals surface area contributed by atoms with Gasteiger partial charge in [-0.05, 0) is 56.3 Å². The molecule has 0 aliphatic carbocycles. The third-order valence-corrected chi connectivity index (χ3v) is 4.25. The molecule has 1 heterocycles. The number of hydrogen-bond donors (Lipinski definition) is 2. The lowest BCUT2D eigenvalue weighted by molar-refractivity contribution is 0.102. The molecule has 7 heteroatoms. The third-order valence-electron chi connectivity index (χ3n) is 3.92. The molecule has 0 atom stereocenters. The first kappa shape index (κ1) is 17.8. The summed E-state index contributed by atoms with van der Waals surface area (Å²) in [6, 6.07) is 11.7. The molecule has 0 saturated heterocycles. The fourth-order valence-corrected chi connectivity index (χ4v) is 2.56. The van der Waals surface area contributed by atoms with Crippen molar-refractivity contribution in [1.82, 2.24) is 5.16 Å². The molecule has 6 nitrogen and oxygen atoms in total. The van der Waals surface area contributed by atoms with Crippen LogP contribution >= 0.6 is 11.6 Å². The Morgan fingerprint density at radius 1 is 1.23 bits per heavy atom. The van der Waals surface area contributed by atoms with Crippen LogP contribution < -0.4 is 15.8 Å². The van der Waals surface area contributed by atoms with Crippen molar-refractivity contribution < 1.29 is 14.1 Å². The van der Waals surface area contributed by atoms with E-state index in [0.29, 0.717) is 34.3 Å². The number of halogens is 1. The van der Waals surface area contributed by atoms with Gasteiger partial charge in [-0.1, -0.05) is 16.8 Å². The van der Waals surface area contributed by atoms with Crippen LogP contribution in [0, 0.1) is 13.8 Å². The van der Waals surface area contributed by atoms with Crippen LogP contribution in [-0.4, -0.2) is 11.1 Å². The predicted octanol–water partition coefficient (Wildman–Crippen LogP) is 4.36. The zero-order chi connectivity index (χ0) is 18.7. The average Bonchev–Trinajstić information content (AvgIpc) is 2.95. The van der Waals surface area contributed by atoms with Gasteiger partial charge in [-0.2, -0.15) is 0 Å². The first-order valence-corrected chi connectivity index (χ1v) is 8.33. The summed E-state index contributed by atoms with van der Waals surface area (Å²) in [6.07, 6.45) is 0. The van der Waals surface area contributed by atoms with E-state index in [0.717, 1.165) is 17.0 Å². The zero-order valence-electron chi connectivity index (χ0n) is 14.4. The maximum atomic E-state index is 12.4. The number of rotatable bonds is 5. The summed E-state index contributed by atoms with van der Waals surface area (Å²) in [4.78, 5) is 12.4. The second-order valence-corrected chi connectivity index (χ2v) is 6.22. The minimum Gasteiger partial charge on any atom is -0.489 e. The lowest BCUT2D eigenvalue weighted by Gasteiger charge is -2.09. The minimum atomic E-state index is -0.283. The topological polar surface area (TPSA) is 90.4 Å². The van der Waals surface area contributed by atoms with Gasteiger partial charge in [0.15, 0.2) is 0 Å². The van der Waals surface area contributed by atoms with Gasteiger partial charge >= 0.3 is 0 Å². The van der Waals surface area contributed by atoms with Crippen LogP contribution in [0.4, 0.5) is 11.4 Å². The van der Waals surface area contributed by atoms with Gasteiger partial charge in [0.05, 0.1) is 22.0 Å². The Morgan fingerprint density at radius 2 is 1.96 bits per heavy atom. The number of amides is 1. The normalized spacial score (nSPS) is 10.6. The average molecular weight is 372 g/mol. The number of nitrogens with two attached hydrogens (primary N) is 1. The van der Waals surface area contributed by atoms with E-state index in [9.17, 15) is 4.79 Å². The first-order chi connectivity index (χ1) is 12.4. The van der Waals surface area contributed by atoms with E-state index in [1.165, 1.54) is 0 Å². The number of hydrogen-bond acceptors (Lipinski definition) is 5. The summed E-state index contributed by atoms with van der Waals surface area (Å²) in [5.41, 5.74) is 8.91. The van der Waals surface area contributed by atoms with E-state index in [1.807, 2.05) is 13.8 Å². The van der Waals surface area contributed by atoms with Crippen molar-refractivity contribution in [3.05, 3.63) is 70.1 Å². The molecule has 0 spiro atoms. The first-order valence-electron chi connectivity index (χ1n) is 7.95. The molecule has 26 heavy (non-hydrogen) atoms. The van der Waals surface area contributed by atoms with Crippen LogP contribution in [-0.2, 0) is 6.61 Å². The second kappa shape index (κ2) is 7.49. The summed E-state index contributed by atoms with van der Waals surface area (Å²) in [7, 11) is 0. The van der Waals surface area contributed by atoms with Gasteiger partial charge in [0.25, 0.3) is 5.91 Å². The largest absolute Gasteiger partial charge is 0.489 e. The molecule has 0 fully saturated rings. The van der Waals surface area contributed by atoms with E-state index in [-0.39, 0.29) is 5.91 Å². The maximum absolute atomic E-state index is 12.4. The number of nitrogens with zero attached hydrogens (tertiary/aromatic N) is 1. The Kier molecular flexibility index (Phi) is 5.14. The van der Waals surface area contributed by atoms with Crippen molar-refractivity contribution >= 4 is 28.9 Å².